The summed E-state index contributed by atoms with van der Waals surface area (Å²) in [6.45, 7) is 14.0. The summed E-state index contributed by atoms with van der Waals surface area (Å²) in [5.74, 6) is 0.913. The Kier molecular flexibility index (Phi) is 14.6. The van der Waals surface area contributed by atoms with E-state index in [0.29, 0.717) is 6.04 Å². The zero-order valence-corrected chi connectivity index (χ0v) is 14.4. The smallest absolute Gasteiger partial charge is 0.119 e. The van der Waals surface area contributed by atoms with Crippen molar-refractivity contribution >= 4 is 0 Å². The summed E-state index contributed by atoms with van der Waals surface area (Å²) in [5, 5.41) is 0. The molecular weight excluding hydrogens is 246 g/mol. The maximum atomic E-state index is 5.25. The van der Waals surface area contributed by atoms with Gasteiger partial charge in [0.15, 0.2) is 0 Å². The second kappa shape index (κ2) is 14.0. The van der Waals surface area contributed by atoms with Crippen LogP contribution in [-0.4, -0.2) is 19.1 Å². The SMILES string of the molecule is C=CN(C)C(CCC)c1cccc(OC)c1.CC.CC. The number of hydrogen-bond acceptors (Lipinski definition) is 2. The second-order valence-corrected chi connectivity index (χ2v) is 3.93. The van der Waals surface area contributed by atoms with Crippen molar-refractivity contribution in [3.8, 4) is 5.75 Å². The first-order valence-electron chi connectivity index (χ1n) is 7.71. The van der Waals surface area contributed by atoms with Gasteiger partial charge in [-0.2, -0.15) is 0 Å². The Hall–Kier alpha value is -1.44. The molecule has 20 heavy (non-hydrogen) atoms. The van der Waals surface area contributed by atoms with Crippen LogP contribution in [0.3, 0.4) is 0 Å². The van der Waals surface area contributed by atoms with Crippen LogP contribution in [0.15, 0.2) is 37.0 Å². The standard InChI is InChI=1S/C14H21NO.2C2H6/c1-5-8-14(15(3)6-2)12-9-7-10-13(11-12)16-4;2*1-2/h6-7,9-11,14H,2,5,8H2,1,3-4H3;2*1-2H3. The van der Waals surface area contributed by atoms with Gasteiger partial charge < -0.3 is 9.64 Å². The molecule has 1 unspecified atom stereocenters. The first kappa shape index (κ1) is 20.9. The highest BCUT2D eigenvalue weighted by molar-refractivity contribution is 5.30. The van der Waals surface area contributed by atoms with Crippen LogP contribution in [0.2, 0.25) is 0 Å². The highest BCUT2D eigenvalue weighted by Crippen LogP contribution is 2.27. The van der Waals surface area contributed by atoms with E-state index in [1.165, 1.54) is 5.56 Å². The minimum absolute atomic E-state index is 0.387. The normalized spacial score (nSPS) is 10.2. The van der Waals surface area contributed by atoms with Crippen LogP contribution in [0, 0.1) is 0 Å². The molecule has 0 spiro atoms. The van der Waals surface area contributed by atoms with Gasteiger partial charge in [-0.05, 0) is 30.3 Å². The lowest BCUT2D eigenvalue weighted by molar-refractivity contribution is 0.316. The lowest BCUT2D eigenvalue weighted by Crippen LogP contribution is -2.18. The molecule has 1 aromatic rings. The first-order valence-corrected chi connectivity index (χ1v) is 7.71. The third-order valence-electron chi connectivity index (χ3n) is 2.82. The van der Waals surface area contributed by atoms with Crippen LogP contribution in [-0.2, 0) is 0 Å². The molecule has 1 aromatic carbocycles. The fourth-order valence-corrected chi connectivity index (χ4v) is 1.85. The quantitative estimate of drug-likeness (QED) is 0.665. The number of rotatable bonds is 6. The highest BCUT2D eigenvalue weighted by atomic mass is 16.5. The summed E-state index contributed by atoms with van der Waals surface area (Å²) >= 11 is 0. The van der Waals surface area contributed by atoms with Gasteiger partial charge in [-0.25, -0.2) is 0 Å². The van der Waals surface area contributed by atoms with Crippen LogP contribution in [0.25, 0.3) is 0 Å². The molecule has 0 bridgehead atoms. The van der Waals surface area contributed by atoms with Gasteiger partial charge in [0.25, 0.3) is 0 Å². The zero-order chi connectivity index (χ0) is 16.0. The number of ether oxygens (including phenoxy) is 1. The number of nitrogens with zero attached hydrogens (tertiary/aromatic N) is 1. The van der Waals surface area contributed by atoms with Gasteiger partial charge in [0, 0.05) is 7.05 Å². The van der Waals surface area contributed by atoms with Crippen molar-refractivity contribution in [2.45, 2.75) is 53.5 Å². The Morgan fingerprint density at radius 1 is 1.25 bits per heavy atom. The summed E-state index contributed by atoms with van der Waals surface area (Å²) in [6.07, 6.45) is 4.15. The topological polar surface area (TPSA) is 12.5 Å². The van der Waals surface area contributed by atoms with Crippen LogP contribution in [0.1, 0.15) is 59.1 Å². The van der Waals surface area contributed by atoms with Crippen molar-refractivity contribution in [3.63, 3.8) is 0 Å². The Bertz CT molecular complexity index is 336. The summed E-state index contributed by atoms with van der Waals surface area (Å²) in [4.78, 5) is 2.15. The molecular formula is C18H33NO. The van der Waals surface area contributed by atoms with E-state index in [0.717, 1.165) is 18.6 Å². The van der Waals surface area contributed by atoms with Gasteiger partial charge >= 0.3 is 0 Å². The Labute approximate surface area is 126 Å². The zero-order valence-electron chi connectivity index (χ0n) is 14.4. The molecule has 0 saturated carbocycles. The molecule has 0 aliphatic rings. The molecule has 0 fully saturated rings. The van der Waals surface area contributed by atoms with Crippen molar-refractivity contribution in [3.05, 3.63) is 42.6 Å². The number of benzene rings is 1. The van der Waals surface area contributed by atoms with E-state index in [1.54, 1.807) is 7.11 Å². The van der Waals surface area contributed by atoms with Gasteiger partial charge in [-0.1, -0.05) is 59.8 Å². The monoisotopic (exact) mass is 279 g/mol. The molecule has 1 atom stereocenters. The highest BCUT2D eigenvalue weighted by Gasteiger charge is 2.13. The predicted octanol–water partition coefficient (Wildman–Crippen LogP) is 5.66. The summed E-state index contributed by atoms with van der Waals surface area (Å²) in [7, 11) is 3.76. The summed E-state index contributed by atoms with van der Waals surface area (Å²) < 4.78 is 5.25. The average molecular weight is 279 g/mol. The lowest BCUT2D eigenvalue weighted by atomic mass is 10.0. The third kappa shape index (κ3) is 7.22. The van der Waals surface area contributed by atoms with E-state index >= 15 is 0 Å². The molecule has 0 aromatic heterocycles. The van der Waals surface area contributed by atoms with Crippen molar-refractivity contribution in [1.82, 2.24) is 4.90 Å². The Morgan fingerprint density at radius 3 is 2.30 bits per heavy atom. The molecule has 0 aliphatic carbocycles. The third-order valence-corrected chi connectivity index (χ3v) is 2.82. The van der Waals surface area contributed by atoms with E-state index in [2.05, 4.69) is 37.6 Å². The van der Waals surface area contributed by atoms with E-state index in [9.17, 15) is 0 Å². The van der Waals surface area contributed by atoms with Crippen LogP contribution >= 0.6 is 0 Å². The number of hydrogen-bond donors (Lipinski definition) is 0. The maximum absolute atomic E-state index is 5.25. The molecule has 2 nitrogen and oxygen atoms in total. The van der Waals surface area contributed by atoms with Crippen LogP contribution < -0.4 is 4.74 Å². The molecule has 2 heteroatoms. The van der Waals surface area contributed by atoms with E-state index in [-0.39, 0.29) is 0 Å². The first-order chi connectivity index (χ1) is 9.72. The minimum Gasteiger partial charge on any atom is -0.497 e. The maximum Gasteiger partial charge on any atom is 0.119 e. The fraction of sp³-hybridized carbons (Fsp3) is 0.556. The fourth-order valence-electron chi connectivity index (χ4n) is 1.85. The molecule has 1 rings (SSSR count). The largest absolute Gasteiger partial charge is 0.497 e. The van der Waals surface area contributed by atoms with E-state index in [1.807, 2.05) is 46.0 Å². The van der Waals surface area contributed by atoms with Crippen LogP contribution in [0.5, 0.6) is 5.75 Å². The summed E-state index contributed by atoms with van der Waals surface area (Å²) in [5.41, 5.74) is 1.28. The van der Waals surface area contributed by atoms with Gasteiger partial charge in [-0.15, -0.1) is 0 Å². The van der Waals surface area contributed by atoms with Gasteiger partial charge in [0.1, 0.15) is 5.75 Å². The van der Waals surface area contributed by atoms with Gasteiger partial charge in [-0.3, -0.25) is 0 Å². The van der Waals surface area contributed by atoms with E-state index in [4.69, 9.17) is 4.74 Å². The van der Waals surface area contributed by atoms with Crippen molar-refractivity contribution in [1.29, 1.82) is 0 Å². The Balaban J connectivity index is 0. The van der Waals surface area contributed by atoms with Crippen LogP contribution in [0.4, 0.5) is 0 Å². The van der Waals surface area contributed by atoms with Crippen molar-refractivity contribution < 1.29 is 4.74 Å². The molecule has 116 valence electrons. The molecule has 0 saturated heterocycles. The molecule has 0 amide bonds. The molecule has 0 aliphatic heterocycles. The van der Waals surface area contributed by atoms with Gasteiger partial charge in [0.05, 0.1) is 13.2 Å². The second-order valence-electron chi connectivity index (χ2n) is 3.93. The molecule has 0 N–H and O–H groups in total. The average Bonchev–Trinajstić information content (AvgIpc) is 2.55. The Morgan fingerprint density at radius 2 is 1.85 bits per heavy atom. The van der Waals surface area contributed by atoms with Gasteiger partial charge in [0.2, 0.25) is 0 Å². The molecule has 0 radical (unpaired) electrons. The lowest BCUT2D eigenvalue weighted by Gasteiger charge is -2.27. The molecule has 0 heterocycles. The van der Waals surface area contributed by atoms with E-state index < -0.39 is 0 Å². The summed E-state index contributed by atoms with van der Waals surface area (Å²) in [6, 6.07) is 8.63. The van der Waals surface area contributed by atoms with Crippen molar-refractivity contribution in [2.24, 2.45) is 0 Å². The number of methoxy groups -OCH3 is 1. The predicted molar refractivity (Wildman–Crippen MR) is 91.3 cm³/mol. The minimum atomic E-state index is 0.387. The van der Waals surface area contributed by atoms with Crippen molar-refractivity contribution in [2.75, 3.05) is 14.2 Å².